The summed E-state index contributed by atoms with van der Waals surface area (Å²) in [4.78, 5) is 13.6. The minimum atomic E-state index is 0.104. The van der Waals surface area contributed by atoms with Crippen LogP contribution in [-0.4, -0.2) is 30.5 Å². The standard InChI is InChI=1S/C16H21NO2/c1-3-4-9-16(18)17(2)11-15-10-13-7-5-6-8-14(13)12-19-15/h3,5-8,15H,1,4,9-12H2,2H3. The minimum absolute atomic E-state index is 0.104. The molecule has 1 aromatic rings. The summed E-state index contributed by atoms with van der Waals surface area (Å²) >= 11 is 0. The lowest BCUT2D eigenvalue weighted by atomic mass is 9.99. The van der Waals surface area contributed by atoms with Crippen molar-refractivity contribution >= 4 is 5.91 Å². The second-order valence-electron chi connectivity index (χ2n) is 5.01. The van der Waals surface area contributed by atoms with Crippen molar-refractivity contribution in [1.29, 1.82) is 0 Å². The van der Waals surface area contributed by atoms with Crippen LogP contribution in [0.3, 0.4) is 0 Å². The molecule has 1 atom stereocenters. The average Bonchev–Trinajstić information content (AvgIpc) is 2.44. The predicted molar refractivity (Wildman–Crippen MR) is 75.8 cm³/mol. The Kier molecular flexibility index (Phi) is 4.74. The third kappa shape index (κ3) is 3.67. The number of nitrogens with zero attached hydrogens (tertiary/aromatic N) is 1. The molecule has 19 heavy (non-hydrogen) atoms. The number of allylic oxidation sites excluding steroid dienone is 1. The molecule has 102 valence electrons. The van der Waals surface area contributed by atoms with E-state index in [1.807, 2.05) is 13.1 Å². The van der Waals surface area contributed by atoms with Gasteiger partial charge in [-0.25, -0.2) is 0 Å². The maximum absolute atomic E-state index is 11.8. The SMILES string of the molecule is C=CCCC(=O)N(C)CC1Cc2ccccc2CO1. The van der Waals surface area contributed by atoms with E-state index in [0.29, 0.717) is 19.6 Å². The molecule has 0 aliphatic carbocycles. The molecular weight excluding hydrogens is 238 g/mol. The third-order valence-electron chi connectivity index (χ3n) is 3.51. The molecule has 0 fully saturated rings. The highest BCUT2D eigenvalue weighted by Crippen LogP contribution is 2.20. The molecule has 0 saturated carbocycles. The number of carbonyl (C=O) groups excluding carboxylic acids is 1. The van der Waals surface area contributed by atoms with Gasteiger partial charge in [-0.05, 0) is 17.5 Å². The van der Waals surface area contributed by atoms with Crippen molar-refractivity contribution in [3.8, 4) is 0 Å². The fraction of sp³-hybridized carbons (Fsp3) is 0.438. The minimum Gasteiger partial charge on any atom is -0.371 e. The Morgan fingerprint density at radius 3 is 2.95 bits per heavy atom. The maximum atomic E-state index is 11.8. The lowest BCUT2D eigenvalue weighted by Gasteiger charge is -2.29. The molecule has 0 saturated heterocycles. The van der Waals surface area contributed by atoms with Crippen LogP contribution in [0.4, 0.5) is 0 Å². The van der Waals surface area contributed by atoms with Gasteiger partial charge in [0.1, 0.15) is 0 Å². The van der Waals surface area contributed by atoms with Gasteiger partial charge in [0.05, 0.1) is 12.7 Å². The number of benzene rings is 1. The van der Waals surface area contributed by atoms with Gasteiger partial charge >= 0.3 is 0 Å². The molecule has 1 aromatic carbocycles. The quantitative estimate of drug-likeness (QED) is 0.761. The van der Waals surface area contributed by atoms with Gasteiger partial charge in [-0.15, -0.1) is 6.58 Å². The molecule has 3 heteroatoms. The number of rotatable bonds is 5. The molecule has 1 heterocycles. The molecule has 0 radical (unpaired) electrons. The summed E-state index contributed by atoms with van der Waals surface area (Å²) in [7, 11) is 1.84. The predicted octanol–water partition coefficient (Wildman–Crippen LogP) is 2.55. The van der Waals surface area contributed by atoms with E-state index >= 15 is 0 Å². The molecule has 3 nitrogen and oxygen atoms in total. The maximum Gasteiger partial charge on any atom is 0.222 e. The molecule has 1 unspecified atom stereocenters. The van der Waals surface area contributed by atoms with Gasteiger partial charge < -0.3 is 9.64 Å². The molecular formula is C16H21NO2. The first-order chi connectivity index (χ1) is 9.20. The summed E-state index contributed by atoms with van der Waals surface area (Å²) in [5.74, 6) is 0.155. The van der Waals surface area contributed by atoms with Gasteiger partial charge in [0.25, 0.3) is 0 Å². The topological polar surface area (TPSA) is 29.5 Å². The Morgan fingerprint density at radius 2 is 2.21 bits per heavy atom. The van der Waals surface area contributed by atoms with Crippen LogP contribution in [0, 0.1) is 0 Å². The van der Waals surface area contributed by atoms with Crippen molar-refractivity contribution in [2.45, 2.75) is 32.0 Å². The van der Waals surface area contributed by atoms with Crippen LogP contribution in [0.2, 0.25) is 0 Å². The van der Waals surface area contributed by atoms with Crippen LogP contribution >= 0.6 is 0 Å². The zero-order chi connectivity index (χ0) is 13.7. The van der Waals surface area contributed by atoms with Gasteiger partial charge in [0.2, 0.25) is 5.91 Å². The summed E-state index contributed by atoms with van der Waals surface area (Å²) in [5.41, 5.74) is 2.60. The van der Waals surface area contributed by atoms with Gasteiger partial charge in [-0.1, -0.05) is 30.3 Å². The van der Waals surface area contributed by atoms with E-state index in [1.54, 1.807) is 11.0 Å². The van der Waals surface area contributed by atoms with Crippen molar-refractivity contribution in [3.63, 3.8) is 0 Å². The first kappa shape index (κ1) is 13.8. The smallest absolute Gasteiger partial charge is 0.222 e. The van der Waals surface area contributed by atoms with Crippen molar-refractivity contribution < 1.29 is 9.53 Å². The Morgan fingerprint density at radius 1 is 1.47 bits per heavy atom. The zero-order valence-electron chi connectivity index (χ0n) is 11.5. The van der Waals surface area contributed by atoms with Crippen LogP contribution in [0.1, 0.15) is 24.0 Å². The van der Waals surface area contributed by atoms with E-state index in [2.05, 4.69) is 24.8 Å². The lowest BCUT2D eigenvalue weighted by molar-refractivity contribution is -0.132. The van der Waals surface area contributed by atoms with Crippen molar-refractivity contribution in [3.05, 3.63) is 48.0 Å². The first-order valence-corrected chi connectivity index (χ1v) is 6.74. The number of carbonyl (C=O) groups is 1. The fourth-order valence-corrected chi connectivity index (χ4v) is 2.35. The largest absolute Gasteiger partial charge is 0.371 e. The van der Waals surface area contributed by atoms with Crippen LogP contribution < -0.4 is 0 Å². The Hall–Kier alpha value is -1.61. The van der Waals surface area contributed by atoms with Gasteiger partial charge in [0.15, 0.2) is 0 Å². The van der Waals surface area contributed by atoms with E-state index in [-0.39, 0.29) is 12.0 Å². The highest BCUT2D eigenvalue weighted by molar-refractivity contribution is 5.76. The average molecular weight is 259 g/mol. The first-order valence-electron chi connectivity index (χ1n) is 6.74. The summed E-state index contributed by atoms with van der Waals surface area (Å²) in [6, 6.07) is 8.34. The van der Waals surface area contributed by atoms with Crippen LogP contribution in [-0.2, 0) is 22.6 Å². The van der Waals surface area contributed by atoms with Crippen molar-refractivity contribution in [1.82, 2.24) is 4.90 Å². The molecule has 1 amide bonds. The molecule has 1 aliphatic rings. The summed E-state index contributed by atoms with van der Waals surface area (Å²) in [6.45, 7) is 4.94. The summed E-state index contributed by atoms with van der Waals surface area (Å²) in [6.07, 6.45) is 4.03. The van der Waals surface area contributed by atoms with Crippen LogP contribution in [0.5, 0.6) is 0 Å². The third-order valence-corrected chi connectivity index (χ3v) is 3.51. The highest BCUT2D eigenvalue weighted by atomic mass is 16.5. The monoisotopic (exact) mass is 259 g/mol. The molecule has 2 rings (SSSR count). The van der Waals surface area contributed by atoms with Crippen LogP contribution in [0.25, 0.3) is 0 Å². The summed E-state index contributed by atoms with van der Waals surface area (Å²) < 4.78 is 5.82. The second kappa shape index (κ2) is 6.53. The summed E-state index contributed by atoms with van der Waals surface area (Å²) in [5, 5.41) is 0. The van der Waals surface area contributed by atoms with Gasteiger partial charge in [0, 0.05) is 26.4 Å². The van der Waals surface area contributed by atoms with Gasteiger partial charge in [-0.3, -0.25) is 4.79 Å². The van der Waals surface area contributed by atoms with E-state index in [4.69, 9.17) is 4.74 Å². The number of ether oxygens (including phenoxy) is 1. The van der Waals surface area contributed by atoms with E-state index < -0.39 is 0 Å². The van der Waals surface area contributed by atoms with Crippen molar-refractivity contribution in [2.24, 2.45) is 0 Å². The van der Waals surface area contributed by atoms with Crippen LogP contribution in [0.15, 0.2) is 36.9 Å². The number of likely N-dealkylation sites (N-methyl/N-ethyl adjacent to an activating group) is 1. The lowest BCUT2D eigenvalue weighted by Crippen LogP contribution is -2.38. The van der Waals surface area contributed by atoms with E-state index in [9.17, 15) is 4.79 Å². The number of fused-ring (bicyclic) bond motifs is 1. The molecule has 0 aromatic heterocycles. The molecule has 1 aliphatic heterocycles. The highest BCUT2D eigenvalue weighted by Gasteiger charge is 2.21. The molecule has 0 spiro atoms. The van der Waals surface area contributed by atoms with E-state index in [0.717, 1.165) is 12.8 Å². The normalized spacial score (nSPS) is 17.6. The Labute approximate surface area is 114 Å². The second-order valence-corrected chi connectivity index (χ2v) is 5.01. The zero-order valence-corrected chi connectivity index (χ0v) is 11.5. The number of amides is 1. The molecule has 0 bridgehead atoms. The van der Waals surface area contributed by atoms with Crippen molar-refractivity contribution in [2.75, 3.05) is 13.6 Å². The number of hydrogen-bond acceptors (Lipinski definition) is 2. The number of hydrogen-bond donors (Lipinski definition) is 0. The Balaban J connectivity index is 1.88. The molecule has 0 N–H and O–H groups in total. The van der Waals surface area contributed by atoms with E-state index in [1.165, 1.54) is 11.1 Å². The fourth-order valence-electron chi connectivity index (χ4n) is 2.35. The Bertz CT molecular complexity index is 456. The van der Waals surface area contributed by atoms with Gasteiger partial charge in [-0.2, -0.15) is 0 Å².